The molecule has 2 aromatic rings. The minimum atomic E-state index is 0.691. The molecule has 0 spiro atoms. The van der Waals surface area contributed by atoms with Crippen molar-refractivity contribution < 1.29 is 0 Å². The Bertz CT molecular complexity index is 443. The Balaban J connectivity index is 1.85. The predicted octanol–water partition coefficient (Wildman–Crippen LogP) is 0.865. The molecule has 0 unspecified atom stereocenters. The van der Waals surface area contributed by atoms with Crippen LogP contribution < -0.4 is 5.32 Å². The summed E-state index contributed by atoms with van der Waals surface area (Å²) in [6.45, 7) is 3.28. The van der Waals surface area contributed by atoms with Gasteiger partial charge in [0.25, 0.3) is 0 Å². The van der Waals surface area contributed by atoms with Gasteiger partial charge in [0.2, 0.25) is 0 Å². The Hall–Kier alpha value is -1.88. The van der Waals surface area contributed by atoms with Crippen molar-refractivity contribution in [3.05, 3.63) is 47.8 Å². The summed E-state index contributed by atoms with van der Waals surface area (Å²) in [6.07, 6.45) is 3.43. The number of hydrogen-bond donors (Lipinski definition) is 1. The second kappa shape index (κ2) is 5.27. The van der Waals surface area contributed by atoms with Gasteiger partial charge < -0.3 is 5.32 Å². The number of aromatic nitrogens is 4. The van der Waals surface area contributed by atoms with Gasteiger partial charge in [0.15, 0.2) is 0 Å². The minimum absolute atomic E-state index is 0.691. The Labute approximate surface area is 94.0 Å². The van der Waals surface area contributed by atoms with E-state index in [0.717, 1.165) is 17.2 Å². The van der Waals surface area contributed by atoms with Crippen molar-refractivity contribution in [2.24, 2.45) is 0 Å². The lowest BCUT2D eigenvalue weighted by molar-refractivity contribution is 0.655. The largest absolute Gasteiger partial charge is 0.305 e. The zero-order chi connectivity index (χ0) is 11.2. The maximum Gasteiger partial charge on any atom is 0.125 e. The van der Waals surface area contributed by atoms with Crippen LogP contribution in [-0.2, 0) is 13.1 Å². The van der Waals surface area contributed by atoms with Crippen LogP contribution in [0.5, 0.6) is 0 Å². The molecular weight excluding hydrogens is 202 g/mol. The third-order valence-electron chi connectivity index (χ3n) is 2.07. The molecule has 0 saturated carbocycles. The monoisotopic (exact) mass is 215 g/mol. The Morgan fingerprint density at radius 1 is 1.12 bits per heavy atom. The number of nitrogens with one attached hydrogen (secondary N) is 1. The van der Waals surface area contributed by atoms with E-state index >= 15 is 0 Å². The van der Waals surface area contributed by atoms with Crippen LogP contribution in [0, 0.1) is 6.92 Å². The summed E-state index contributed by atoms with van der Waals surface area (Å²) in [5.41, 5.74) is 1.91. The highest BCUT2D eigenvalue weighted by Gasteiger charge is 1.96. The number of nitrogens with zero attached hydrogens (tertiary/aromatic N) is 4. The van der Waals surface area contributed by atoms with E-state index in [1.165, 1.54) is 0 Å². The van der Waals surface area contributed by atoms with Crippen molar-refractivity contribution in [3.8, 4) is 0 Å². The average Bonchev–Trinajstić information content (AvgIpc) is 2.30. The molecule has 0 aliphatic rings. The molecule has 2 heterocycles. The fourth-order valence-electron chi connectivity index (χ4n) is 1.35. The molecule has 0 amide bonds. The molecule has 0 saturated heterocycles. The van der Waals surface area contributed by atoms with E-state index in [9.17, 15) is 0 Å². The minimum Gasteiger partial charge on any atom is -0.305 e. The van der Waals surface area contributed by atoms with E-state index in [-0.39, 0.29) is 0 Å². The van der Waals surface area contributed by atoms with E-state index in [1.54, 1.807) is 12.4 Å². The summed E-state index contributed by atoms with van der Waals surface area (Å²) in [6, 6.07) is 5.71. The lowest BCUT2D eigenvalue weighted by atomic mass is 10.3. The maximum atomic E-state index is 4.29. The van der Waals surface area contributed by atoms with Crippen LogP contribution in [0.1, 0.15) is 17.2 Å². The predicted molar refractivity (Wildman–Crippen MR) is 59.3 cm³/mol. The smallest absolute Gasteiger partial charge is 0.125 e. The topological polar surface area (TPSA) is 63.6 Å². The van der Waals surface area contributed by atoms with Crippen LogP contribution in [0.3, 0.4) is 0 Å². The molecule has 82 valence electrons. The molecule has 0 aliphatic heterocycles. The van der Waals surface area contributed by atoms with Crippen molar-refractivity contribution in [3.63, 3.8) is 0 Å². The van der Waals surface area contributed by atoms with E-state index < -0.39 is 0 Å². The van der Waals surface area contributed by atoms with Crippen LogP contribution in [0.4, 0.5) is 0 Å². The number of rotatable bonds is 4. The third kappa shape index (κ3) is 3.06. The molecule has 16 heavy (non-hydrogen) atoms. The van der Waals surface area contributed by atoms with Gasteiger partial charge in [-0.1, -0.05) is 0 Å². The van der Waals surface area contributed by atoms with Gasteiger partial charge >= 0.3 is 0 Å². The van der Waals surface area contributed by atoms with Crippen molar-refractivity contribution in [1.29, 1.82) is 0 Å². The average molecular weight is 215 g/mol. The van der Waals surface area contributed by atoms with Gasteiger partial charge in [0.05, 0.1) is 11.4 Å². The Morgan fingerprint density at radius 2 is 2.00 bits per heavy atom. The Kier molecular flexibility index (Phi) is 3.50. The third-order valence-corrected chi connectivity index (χ3v) is 2.07. The first kappa shape index (κ1) is 10.6. The molecule has 1 N–H and O–H groups in total. The standard InChI is InChI=1S/C11H13N5/c1-9-13-6-4-10(15-9)7-12-8-11-3-2-5-14-16-11/h2-6,12H,7-8H2,1H3. The summed E-state index contributed by atoms with van der Waals surface area (Å²) in [5.74, 6) is 0.791. The van der Waals surface area contributed by atoms with Crippen LogP contribution in [0.2, 0.25) is 0 Å². The molecule has 2 aromatic heterocycles. The maximum absolute atomic E-state index is 4.29. The van der Waals surface area contributed by atoms with Crippen LogP contribution >= 0.6 is 0 Å². The highest BCUT2D eigenvalue weighted by atomic mass is 15.1. The lowest BCUT2D eigenvalue weighted by Crippen LogP contribution is -2.15. The van der Waals surface area contributed by atoms with Gasteiger partial charge in [0.1, 0.15) is 5.82 Å². The zero-order valence-corrected chi connectivity index (χ0v) is 9.09. The fourth-order valence-corrected chi connectivity index (χ4v) is 1.35. The molecule has 0 aliphatic carbocycles. The van der Waals surface area contributed by atoms with E-state index in [0.29, 0.717) is 13.1 Å². The van der Waals surface area contributed by atoms with E-state index in [4.69, 9.17) is 0 Å². The second-order valence-electron chi connectivity index (χ2n) is 3.41. The summed E-state index contributed by atoms with van der Waals surface area (Å²) in [7, 11) is 0. The quantitative estimate of drug-likeness (QED) is 0.819. The molecule has 0 bridgehead atoms. The molecule has 2 rings (SSSR count). The SMILES string of the molecule is Cc1nccc(CNCc2cccnn2)n1. The number of aryl methyl sites for hydroxylation is 1. The van der Waals surface area contributed by atoms with Crippen molar-refractivity contribution in [1.82, 2.24) is 25.5 Å². The zero-order valence-electron chi connectivity index (χ0n) is 9.09. The van der Waals surface area contributed by atoms with Gasteiger partial charge in [0, 0.05) is 25.5 Å². The fraction of sp³-hybridized carbons (Fsp3) is 0.273. The second-order valence-corrected chi connectivity index (χ2v) is 3.41. The molecular formula is C11H13N5. The molecule has 5 heteroatoms. The molecule has 0 aromatic carbocycles. The molecule has 0 fully saturated rings. The van der Waals surface area contributed by atoms with Crippen LogP contribution in [0.15, 0.2) is 30.6 Å². The van der Waals surface area contributed by atoms with Gasteiger partial charge in [-0.15, -0.1) is 0 Å². The Morgan fingerprint density at radius 3 is 2.75 bits per heavy atom. The first-order valence-electron chi connectivity index (χ1n) is 5.10. The first-order valence-corrected chi connectivity index (χ1v) is 5.10. The van der Waals surface area contributed by atoms with Gasteiger partial charge in [-0.25, -0.2) is 9.97 Å². The highest BCUT2D eigenvalue weighted by molar-refractivity contribution is 5.02. The van der Waals surface area contributed by atoms with Gasteiger partial charge in [-0.05, 0) is 25.1 Å². The summed E-state index contributed by atoms with van der Waals surface area (Å²) in [4.78, 5) is 8.34. The van der Waals surface area contributed by atoms with Gasteiger partial charge in [-0.3, -0.25) is 0 Å². The molecule has 0 atom stereocenters. The van der Waals surface area contributed by atoms with E-state index in [1.807, 2.05) is 25.1 Å². The van der Waals surface area contributed by atoms with Crippen LogP contribution in [0.25, 0.3) is 0 Å². The van der Waals surface area contributed by atoms with Crippen molar-refractivity contribution >= 4 is 0 Å². The lowest BCUT2D eigenvalue weighted by Gasteiger charge is -2.03. The summed E-state index contributed by atoms with van der Waals surface area (Å²) >= 11 is 0. The van der Waals surface area contributed by atoms with E-state index in [2.05, 4.69) is 25.5 Å². The van der Waals surface area contributed by atoms with Crippen LogP contribution in [-0.4, -0.2) is 20.2 Å². The molecule has 0 radical (unpaired) electrons. The first-order chi connectivity index (χ1) is 7.84. The number of hydrogen-bond acceptors (Lipinski definition) is 5. The highest BCUT2D eigenvalue weighted by Crippen LogP contribution is 1.95. The summed E-state index contributed by atoms with van der Waals surface area (Å²) < 4.78 is 0. The van der Waals surface area contributed by atoms with Crippen molar-refractivity contribution in [2.75, 3.05) is 0 Å². The molecule has 5 nitrogen and oxygen atoms in total. The normalized spacial score (nSPS) is 10.3. The van der Waals surface area contributed by atoms with Gasteiger partial charge in [-0.2, -0.15) is 10.2 Å². The summed E-state index contributed by atoms with van der Waals surface area (Å²) in [5, 5.41) is 11.0. The van der Waals surface area contributed by atoms with Crippen molar-refractivity contribution in [2.45, 2.75) is 20.0 Å².